The number of hydrogen-bond donors (Lipinski definition) is 2. The Bertz CT molecular complexity index is 1100. The maximum atomic E-state index is 13.6. The standard InChI is InChI=1S/C19H12F2N4O2/c20-12-3-1-11(2-4-12)17-18(24-10-23-17)15-5-6-16(27-15)19(26)25-14-7-8-22-9-13(14)21/h1-10H,(H,23,24)(H,22,25,26). The Morgan fingerprint density at radius 1 is 1.07 bits per heavy atom. The third-order valence-corrected chi connectivity index (χ3v) is 3.85. The number of anilines is 1. The summed E-state index contributed by atoms with van der Waals surface area (Å²) in [4.78, 5) is 23.1. The highest BCUT2D eigenvalue weighted by molar-refractivity contribution is 6.02. The predicted molar refractivity (Wildman–Crippen MR) is 93.8 cm³/mol. The lowest BCUT2D eigenvalue weighted by Crippen LogP contribution is -2.12. The highest BCUT2D eigenvalue weighted by Gasteiger charge is 2.18. The van der Waals surface area contributed by atoms with Crippen molar-refractivity contribution in [2.24, 2.45) is 0 Å². The van der Waals surface area contributed by atoms with Crippen molar-refractivity contribution in [2.45, 2.75) is 0 Å². The molecule has 8 heteroatoms. The molecule has 134 valence electrons. The quantitative estimate of drug-likeness (QED) is 0.565. The molecule has 0 aliphatic carbocycles. The number of rotatable bonds is 4. The molecule has 0 aliphatic heterocycles. The zero-order chi connectivity index (χ0) is 18.8. The maximum absolute atomic E-state index is 13.6. The van der Waals surface area contributed by atoms with Crippen LogP contribution in [0, 0.1) is 11.6 Å². The Kier molecular flexibility index (Phi) is 4.21. The second-order valence-electron chi connectivity index (χ2n) is 5.61. The van der Waals surface area contributed by atoms with Gasteiger partial charge in [-0.15, -0.1) is 0 Å². The lowest BCUT2D eigenvalue weighted by atomic mass is 10.1. The van der Waals surface area contributed by atoms with Gasteiger partial charge in [-0.25, -0.2) is 13.8 Å². The van der Waals surface area contributed by atoms with Crippen molar-refractivity contribution >= 4 is 11.6 Å². The molecule has 0 atom stereocenters. The third-order valence-electron chi connectivity index (χ3n) is 3.85. The molecule has 2 N–H and O–H groups in total. The lowest BCUT2D eigenvalue weighted by Gasteiger charge is -2.04. The molecule has 0 saturated heterocycles. The summed E-state index contributed by atoms with van der Waals surface area (Å²) >= 11 is 0. The van der Waals surface area contributed by atoms with Gasteiger partial charge in [0.2, 0.25) is 0 Å². The van der Waals surface area contributed by atoms with E-state index in [0.29, 0.717) is 22.7 Å². The van der Waals surface area contributed by atoms with E-state index in [9.17, 15) is 13.6 Å². The summed E-state index contributed by atoms with van der Waals surface area (Å²) < 4.78 is 32.3. The van der Waals surface area contributed by atoms with Crippen molar-refractivity contribution < 1.29 is 18.0 Å². The molecule has 0 spiro atoms. The molecule has 0 aliphatic rings. The highest BCUT2D eigenvalue weighted by Crippen LogP contribution is 2.30. The van der Waals surface area contributed by atoms with Gasteiger partial charge in [0.15, 0.2) is 17.3 Å². The van der Waals surface area contributed by atoms with Crippen LogP contribution >= 0.6 is 0 Å². The highest BCUT2D eigenvalue weighted by atomic mass is 19.1. The van der Waals surface area contributed by atoms with Gasteiger partial charge < -0.3 is 14.7 Å². The Morgan fingerprint density at radius 2 is 1.89 bits per heavy atom. The van der Waals surface area contributed by atoms with E-state index >= 15 is 0 Å². The number of furan rings is 1. The third kappa shape index (κ3) is 3.32. The van der Waals surface area contributed by atoms with E-state index in [-0.39, 0.29) is 17.3 Å². The van der Waals surface area contributed by atoms with Crippen molar-refractivity contribution in [2.75, 3.05) is 5.32 Å². The number of H-pyrrole nitrogens is 1. The number of aromatic amines is 1. The monoisotopic (exact) mass is 366 g/mol. The number of nitrogens with one attached hydrogen (secondary N) is 2. The first-order valence-electron chi connectivity index (χ1n) is 7.92. The number of halogens is 2. The van der Waals surface area contributed by atoms with Crippen LogP contribution in [0.15, 0.2) is 65.6 Å². The van der Waals surface area contributed by atoms with E-state index in [2.05, 4.69) is 20.3 Å². The Balaban J connectivity index is 1.60. The number of amides is 1. The number of imidazole rings is 1. The van der Waals surface area contributed by atoms with Crippen LogP contribution in [-0.4, -0.2) is 20.9 Å². The van der Waals surface area contributed by atoms with Gasteiger partial charge in [0.1, 0.15) is 11.5 Å². The molecule has 6 nitrogen and oxygen atoms in total. The van der Waals surface area contributed by atoms with Gasteiger partial charge in [-0.3, -0.25) is 9.78 Å². The van der Waals surface area contributed by atoms with Crippen LogP contribution in [0.2, 0.25) is 0 Å². The predicted octanol–water partition coefficient (Wildman–Crippen LogP) is 4.26. The zero-order valence-corrected chi connectivity index (χ0v) is 13.7. The minimum Gasteiger partial charge on any atom is -0.449 e. The summed E-state index contributed by atoms with van der Waals surface area (Å²) in [5, 5.41) is 2.42. The summed E-state index contributed by atoms with van der Waals surface area (Å²) in [5.74, 6) is -1.23. The van der Waals surface area contributed by atoms with E-state index in [0.717, 1.165) is 6.20 Å². The fourth-order valence-electron chi connectivity index (χ4n) is 2.56. The second-order valence-corrected chi connectivity index (χ2v) is 5.61. The number of carbonyl (C=O) groups is 1. The molecule has 4 rings (SSSR count). The number of pyridine rings is 1. The van der Waals surface area contributed by atoms with Crippen molar-refractivity contribution in [3.63, 3.8) is 0 Å². The summed E-state index contributed by atoms with van der Waals surface area (Å²) in [6, 6.07) is 10.3. The van der Waals surface area contributed by atoms with Crippen LogP contribution in [0.5, 0.6) is 0 Å². The van der Waals surface area contributed by atoms with Crippen LogP contribution < -0.4 is 5.32 Å². The summed E-state index contributed by atoms with van der Waals surface area (Å²) in [6.07, 6.45) is 3.84. The minimum atomic E-state index is -0.648. The van der Waals surface area contributed by atoms with Gasteiger partial charge in [-0.2, -0.15) is 0 Å². The first kappa shape index (κ1) is 16.6. The van der Waals surface area contributed by atoms with E-state index in [1.54, 1.807) is 18.2 Å². The average molecular weight is 366 g/mol. The Labute approximate surface area is 151 Å². The summed E-state index contributed by atoms with van der Waals surface area (Å²) in [7, 11) is 0. The molecule has 0 unspecified atom stereocenters. The molecule has 4 aromatic rings. The maximum Gasteiger partial charge on any atom is 0.291 e. The number of benzene rings is 1. The molecular formula is C19H12F2N4O2. The first-order chi connectivity index (χ1) is 13.1. The van der Waals surface area contributed by atoms with E-state index in [1.165, 1.54) is 36.8 Å². The molecule has 0 bridgehead atoms. The smallest absolute Gasteiger partial charge is 0.291 e. The van der Waals surface area contributed by atoms with Crippen molar-refractivity contribution in [3.05, 3.63) is 78.6 Å². The second kappa shape index (κ2) is 6.83. The van der Waals surface area contributed by atoms with Crippen LogP contribution in [0.3, 0.4) is 0 Å². The van der Waals surface area contributed by atoms with Crippen LogP contribution in [0.4, 0.5) is 14.5 Å². The molecule has 1 amide bonds. The van der Waals surface area contributed by atoms with Gasteiger partial charge in [0.25, 0.3) is 5.91 Å². The molecule has 0 fully saturated rings. The lowest BCUT2D eigenvalue weighted by molar-refractivity contribution is 0.0997. The topological polar surface area (TPSA) is 83.8 Å². The average Bonchev–Trinajstić information content (AvgIpc) is 3.33. The zero-order valence-electron chi connectivity index (χ0n) is 13.7. The van der Waals surface area contributed by atoms with E-state index in [4.69, 9.17) is 4.42 Å². The fourth-order valence-corrected chi connectivity index (χ4v) is 2.56. The van der Waals surface area contributed by atoms with E-state index in [1.807, 2.05) is 0 Å². The summed E-state index contributed by atoms with van der Waals surface area (Å²) in [5.41, 5.74) is 1.78. The molecule has 1 aromatic carbocycles. The number of carbonyl (C=O) groups excluding carboxylic acids is 1. The molecular weight excluding hydrogens is 354 g/mol. The van der Waals surface area contributed by atoms with Gasteiger partial charge in [-0.1, -0.05) is 0 Å². The number of aromatic nitrogens is 3. The van der Waals surface area contributed by atoms with Gasteiger partial charge in [0.05, 0.1) is 23.9 Å². The molecule has 0 radical (unpaired) electrons. The Hall–Kier alpha value is -3.81. The molecule has 27 heavy (non-hydrogen) atoms. The molecule has 0 saturated carbocycles. The van der Waals surface area contributed by atoms with Crippen molar-refractivity contribution in [1.82, 2.24) is 15.0 Å². The van der Waals surface area contributed by atoms with Gasteiger partial charge in [-0.05, 0) is 42.5 Å². The molecule has 3 heterocycles. The first-order valence-corrected chi connectivity index (χ1v) is 7.92. The molecule has 3 aromatic heterocycles. The minimum absolute atomic E-state index is 0.000804. The van der Waals surface area contributed by atoms with Gasteiger partial charge in [0, 0.05) is 11.8 Å². The largest absolute Gasteiger partial charge is 0.449 e. The van der Waals surface area contributed by atoms with Crippen LogP contribution in [0.25, 0.3) is 22.7 Å². The normalized spacial score (nSPS) is 10.7. The van der Waals surface area contributed by atoms with Crippen molar-refractivity contribution in [1.29, 1.82) is 0 Å². The SMILES string of the molecule is O=C(Nc1ccncc1F)c1ccc(-c2[nH]cnc2-c2ccc(F)cc2)o1. The number of nitrogens with zero attached hydrogens (tertiary/aromatic N) is 2. The number of hydrogen-bond acceptors (Lipinski definition) is 4. The van der Waals surface area contributed by atoms with Crippen LogP contribution in [0.1, 0.15) is 10.6 Å². The van der Waals surface area contributed by atoms with Crippen LogP contribution in [-0.2, 0) is 0 Å². The van der Waals surface area contributed by atoms with Crippen molar-refractivity contribution in [3.8, 4) is 22.7 Å². The Morgan fingerprint density at radius 3 is 2.67 bits per heavy atom. The van der Waals surface area contributed by atoms with E-state index < -0.39 is 11.7 Å². The summed E-state index contributed by atoms with van der Waals surface area (Å²) in [6.45, 7) is 0. The van der Waals surface area contributed by atoms with Gasteiger partial charge >= 0.3 is 0 Å². The fraction of sp³-hybridized carbons (Fsp3) is 0.